The minimum atomic E-state index is -0.671. The van der Waals surface area contributed by atoms with Gasteiger partial charge in [0.05, 0.1) is 17.0 Å². The Hall–Kier alpha value is -2.64. The monoisotopic (exact) mass is 401 g/mol. The van der Waals surface area contributed by atoms with Gasteiger partial charge in [0, 0.05) is 23.6 Å². The summed E-state index contributed by atoms with van der Waals surface area (Å²) in [6.07, 6.45) is 0.672. The van der Waals surface area contributed by atoms with E-state index in [0.29, 0.717) is 28.5 Å². The summed E-state index contributed by atoms with van der Waals surface area (Å²) in [6.45, 7) is 0.946. The van der Waals surface area contributed by atoms with Crippen molar-refractivity contribution in [3.63, 3.8) is 0 Å². The van der Waals surface area contributed by atoms with Crippen molar-refractivity contribution in [2.24, 2.45) is 4.99 Å². The van der Waals surface area contributed by atoms with Crippen LogP contribution in [0.5, 0.6) is 0 Å². The van der Waals surface area contributed by atoms with Gasteiger partial charge in [0.1, 0.15) is 24.0 Å². The van der Waals surface area contributed by atoms with Gasteiger partial charge < -0.3 is 4.90 Å². The standard InChI is InChI=1S/C20H18ClF2N5/c1-27(2)9-8-17-25-26-18-11-24-20(19-14(22)4-3-5-15(19)23)13-10-12(21)6-7-16(13)28(17)18/h3-7,10H,8-9,11H2,1-2H3. The van der Waals surface area contributed by atoms with Crippen molar-refractivity contribution in [1.29, 1.82) is 0 Å². The van der Waals surface area contributed by atoms with Gasteiger partial charge in [0.25, 0.3) is 0 Å². The van der Waals surface area contributed by atoms with E-state index in [1.807, 2.05) is 24.7 Å². The Labute approximate surface area is 166 Å². The van der Waals surface area contributed by atoms with Crippen molar-refractivity contribution in [2.75, 3.05) is 20.6 Å². The van der Waals surface area contributed by atoms with Crippen molar-refractivity contribution < 1.29 is 8.78 Å². The summed E-state index contributed by atoms with van der Waals surface area (Å²) in [6, 6.07) is 8.99. The lowest BCUT2D eigenvalue weighted by atomic mass is 9.99. The highest BCUT2D eigenvalue weighted by Crippen LogP contribution is 2.30. The van der Waals surface area contributed by atoms with Gasteiger partial charge in [-0.25, -0.2) is 8.78 Å². The van der Waals surface area contributed by atoms with Crippen LogP contribution in [0.1, 0.15) is 22.8 Å². The molecule has 0 bridgehead atoms. The molecular weight excluding hydrogens is 384 g/mol. The molecule has 0 aliphatic carbocycles. The summed E-state index contributed by atoms with van der Waals surface area (Å²) in [5.41, 5.74) is 1.30. The number of nitrogens with zero attached hydrogens (tertiary/aromatic N) is 5. The predicted molar refractivity (Wildman–Crippen MR) is 104 cm³/mol. The third-order valence-corrected chi connectivity index (χ3v) is 4.85. The van der Waals surface area contributed by atoms with Gasteiger partial charge in [-0.15, -0.1) is 10.2 Å². The molecule has 0 radical (unpaired) electrons. The first kappa shape index (κ1) is 18.7. The molecule has 0 atom stereocenters. The van der Waals surface area contributed by atoms with Gasteiger partial charge in [-0.1, -0.05) is 17.7 Å². The van der Waals surface area contributed by atoms with Crippen LogP contribution in [0, 0.1) is 11.6 Å². The highest BCUT2D eigenvalue weighted by molar-refractivity contribution is 6.31. The zero-order valence-electron chi connectivity index (χ0n) is 15.5. The lowest BCUT2D eigenvalue weighted by Crippen LogP contribution is -2.18. The van der Waals surface area contributed by atoms with E-state index in [1.165, 1.54) is 18.2 Å². The number of aromatic nitrogens is 3. The number of hydrogen-bond donors (Lipinski definition) is 0. The molecule has 8 heteroatoms. The van der Waals surface area contributed by atoms with Gasteiger partial charge in [-0.05, 0) is 44.4 Å². The molecule has 144 valence electrons. The average Bonchev–Trinajstić information content (AvgIpc) is 2.98. The van der Waals surface area contributed by atoms with Gasteiger partial charge in [-0.3, -0.25) is 9.56 Å². The Morgan fingerprint density at radius 2 is 1.86 bits per heavy atom. The summed E-state index contributed by atoms with van der Waals surface area (Å²) in [5, 5.41) is 9.01. The SMILES string of the molecule is CN(C)CCc1nnc2n1-c1ccc(Cl)cc1C(c1c(F)cccc1F)=NC2. The average molecular weight is 402 g/mol. The van der Waals surface area contributed by atoms with Crippen molar-refractivity contribution in [3.8, 4) is 5.69 Å². The zero-order chi connectivity index (χ0) is 19.8. The summed E-state index contributed by atoms with van der Waals surface area (Å²) in [4.78, 5) is 6.55. The smallest absolute Gasteiger partial charge is 0.159 e. The number of aliphatic imine (C=N–C) groups is 1. The van der Waals surface area contributed by atoms with E-state index in [4.69, 9.17) is 11.6 Å². The molecule has 2 aromatic carbocycles. The summed E-state index contributed by atoms with van der Waals surface area (Å²) < 4.78 is 30.9. The third-order valence-electron chi connectivity index (χ3n) is 4.61. The van der Waals surface area contributed by atoms with Gasteiger partial charge in [0.2, 0.25) is 0 Å². The minimum Gasteiger partial charge on any atom is -0.309 e. The van der Waals surface area contributed by atoms with E-state index < -0.39 is 11.6 Å². The van der Waals surface area contributed by atoms with E-state index in [-0.39, 0.29) is 17.8 Å². The van der Waals surface area contributed by atoms with Crippen LogP contribution in [0.25, 0.3) is 5.69 Å². The molecule has 0 saturated heterocycles. The molecule has 0 saturated carbocycles. The maximum atomic E-state index is 14.5. The molecule has 1 aliphatic rings. The van der Waals surface area contributed by atoms with Crippen LogP contribution >= 0.6 is 11.6 Å². The topological polar surface area (TPSA) is 46.3 Å². The van der Waals surface area contributed by atoms with Crippen molar-refractivity contribution in [2.45, 2.75) is 13.0 Å². The molecular formula is C20H18ClF2N5. The Morgan fingerprint density at radius 1 is 1.11 bits per heavy atom. The van der Waals surface area contributed by atoms with Crippen LogP contribution in [0.4, 0.5) is 8.78 Å². The highest BCUT2D eigenvalue weighted by Gasteiger charge is 2.26. The summed E-state index contributed by atoms with van der Waals surface area (Å²) in [5.74, 6) is 0.0344. The Kier molecular flexibility index (Phi) is 4.95. The number of likely N-dealkylation sites (N-methyl/N-ethyl adjacent to an activating group) is 1. The molecule has 0 unspecified atom stereocenters. The fourth-order valence-electron chi connectivity index (χ4n) is 3.29. The molecule has 28 heavy (non-hydrogen) atoms. The maximum Gasteiger partial charge on any atom is 0.159 e. The zero-order valence-corrected chi connectivity index (χ0v) is 16.2. The Morgan fingerprint density at radius 3 is 2.57 bits per heavy atom. The third kappa shape index (κ3) is 3.31. The number of hydrogen-bond acceptors (Lipinski definition) is 4. The van der Waals surface area contributed by atoms with Gasteiger partial charge in [0.15, 0.2) is 5.82 Å². The first-order valence-corrected chi connectivity index (χ1v) is 9.20. The number of fused-ring (bicyclic) bond motifs is 3. The largest absolute Gasteiger partial charge is 0.309 e. The van der Waals surface area contributed by atoms with E-state index >= 15 is 0 Å². The van der Waals surface area contributed by atoms with Crippen molar-refractivity contribution in [3.05, 3.63) is 75.8 Å². The molecule has 0 N–H and O–H groups in total. The van der Waals surface area contributed by atoms with Crippen LogP contribution in [0.3, 0.4) is 0 Å². The fourth-order valence-corrected chi connectivity index (χ4v) is 3.46. The maximum absolute atomic E-state index is 14.5. The number of rotatable bonds is 4. The normalized spacial score (nSPS) is 13.1. The summed E-state index contributed by atoms with van der Waals surface area (Å²) in [7, 11) is 3.96. The van der Waals surface area contributed by atoms with Gasteiger partial charge >= 0.3 is 0 Å². The Bertz CT molecular complexity index is 1050. The molecule has 1 aliphatic heterocycles. The first-order valence-electron chi connectivity index (χ1n) is 8.82. The number of benzene rings is 2. The first-order chi connectivity index (χ1) is 13.5. The molecule has 0 fully saturated rings. The van der Waals surface area contributed by atoms with Crippen LogP contribution in [-0.2, 0) is 13.0 Å². The second-order valence-corrected chi connectivity index (χ2v) is 7.28. The van der Waals surface area contributed by atoms with E-state index in [2.05, 4.69) is 20.1 Å². The van der Waals surface area contributed by atoms with Crippen molar-refractivity contribution in [1.82, 2.24) is 19.7 Å². The van der Waals surface area contributed by atoms with Crippen LogP contribution in [-0.4, -0.2) is 46.0 Å². The Balaban J connectivity index is 1.92. The predicted octanol–water partition coefficient (Wildman–Crippen LogP) is 3.65. The molecule has 2 heterocycles. The van der Waals surface area contributed by atoms with E-state index in [0.717, 1.165) is 12.4 Å². The van der Waals surface area contributed by atoms with Crippen LogP contribution in [0.15, 0.2) is 41.4 Å². The van der Waals surface area contributed by atoms with E-state index in [1.54, 1.807) is 12.1 Å². The second kappa shape index (κ2) is 7.41. The lowest BCUT2D eigenvalue weighted by Gasteiger charge is -2.15. The number of halogens is 3. The second-order valence-electron chi connectivity index (χ2n) is 6.84. The summed E-state index contributed by atoms with van der Waals surface area (Å²) >= 11 is 6.22. The molecule has 0 amide bonds. The van der Waals surface area contributed by atoms with Crippen molar-refractivity contribution >= 4 is 17.3 Å². The van der Waals surface area contributed by atoms with Crippen LogP contribution < -0.4 is 0 Å². The molecule has 3 aromatic rings. The minimum absolute atomic E-state index is 0.157. The lowest BCUT2D eigenvalue weighted by molar-refractivity contribution is 0.408. The quantitative estimate of drug-likeness (QED) is 0.670. The molecule has 4 rings (SSSR count). The molecule has 5 nitrogen and oxygen atoms in total. The molecule has 0 spiro atoms. The fraction of sp³-hybridized carbons (Fsp3) is 0.250. The molecule has 1 aromatic heterocycles. The highest BCUT2D eigenvalue weighted by atomic mass is 35.5. The van der Waals surface area contributed by atoms with E-state index in [9.17, 15) is 8.78 Å². The van der Waals surface area contributed by atoms with Gasteiger partial charge in [-0.2, -0.15) is 0 Å². The van der Waals surface area contributed by atoms with Crippen LogP contribution in [0.2, 0.25) is 5.02 Å².